The normalized spacial score (nSPS) is 36.9. The maximum absolute atomic E-state index is 11.9. The Morgan fingerprint density at radius 2 is 2.31 bits per heavy atom. The number of nitrogens with zero attached hydrogens (tertiary/aromatic N) is 1. The molecule has 0 N–H and O–H groups in total. The molecule has 1 amide bonds. The van der Waals surface area contributed by atoms with Gasteiger partial charge < -0.3 is 0 Å². The number of carbonyl (C=O) groups excluding carboxylic acids is 2. The first-order valence-electron chi connectivity index (χ1n) is 4.75. The summed E-state index contributed by atoms with van der Waals surface area (Å²) >= 11 is 1.84. The number of esters is 1. The average Bonchev–Trinajstić information content (AvgIpc) is 2.64. The first-order valence-corrected chi connectivity index (χ1v) is 8.30. The zero-order valence-corrected chi connectivity index (χ0v) is 11.8. The maximum atomic E-state index is 11.9. The van der Waals surface area contributed by atoms with Gasteiger partial charge in [-0.05, 0) is 0 Å². The van der Waals surface area contributed by atoms with Crippen molar-refractivity contribution in [2.45, 2.75) is 21.7 Å². The van der Waals surface area contributed by atoms with E-state index in [9.17, 15) is 9.59 Å². The van der Waals surface area contributed by atoms with Crippen molar-refractivity contribution in [1.82, 2.24) is 4.90 Å². The van der Waals surface area contributed by atoms with Crippen LogP contribution in [0.3, 0.4) is 0 Å². The summed E-state index contributed by atoms with van der Waals surface area (Å²) in [5.41, 5.74) is 0. The second kappa shape index (κ2) is 4.22. The summed E-state index contributed by atoms with van der Waals surface area (Å²) in [6.45, 7) is 0. The molecule has 0 aromatic heterocycles. The summed E-state index contributed by atoms with van der Waals surface area (Å²) < 4.78 is 9.64. The van der Waals surface area contributed by atoms with Gasteiger partial charge >= 0.3 is 104 Å². The van der Waals surface area contributed by atoms with Crippen LogP contribution in [0.4, 0.5) is 0 Å². The molecule has 2 rings (SSSR count). The summed E-state index contributed by atoms with van der Waals surface area (Å²) in [7, 11) is 2.89. The molecule has 3 unspecified atom stereocenters. The number of methoxy groups -OCH3 is 2. The number of hydrogen-bond acceptors (Lipinski definition) is 5. The molecule has 0 aromatic rings. The van der Waals surface area contributed by atoms with Crippen LogP contribution in [0.1, 0.15) is 0 Å². The minimum absolute atomic E-state index is 0.0911. The van der Waals surface area contributed by atoms with Crippen LogP contribution in [0.15, 0.2) is 0 Å². The van der Waals surface area contributed by atoms with Gasteiger partial charge in [0.15, 0.2) is 0 Å². The molecule has 0 radical (unpaired) electrons. The number of amides is 1. The molecular weight excluding hydrogens is 297 g/mol. The van der Waals surface area contributed by atoms with E-state index in [4.69, 9.17) is 9.47 Å². The molecule has 0 bridgehead atoms. The van der Waals surface area contributed by atoms with Gasteiger partial charge in [0.2, 0.25) is 0 Å². The number of β-lactam (4-membered cyclic amide) rings is 1. The third-order valence-electron chi connectivity index (χ3n) is 2.89. The van der Waals surface area contributed by atoms with E-state index in [-0.39, 0.29) is 30.6 Å². The van der Waals surface area contributed by atoms with Gasteiger partial charge in [-0.3, -0.25) is 0 Å². The topological polar surface area (TPSA) is 55.8 Å². The fourth-order valence-electron chi connectivity index (χ4n) is 2.11. The third-order valence-corrected chi connectivity index (χ3v) is 7.89. The Kier molecular flexibility index (Phi) is 3.22. The molecule has 2 saturated heterocycles. The minimum atomic E-state index is -0.435. The first kappa shape index (κ1) is 12.2. The Hall–Kier alpha value is -0.231. The van der Waals surface area contributed by atoms with Crippen LogP contribution in [-0.4, -0.2) is 67.6 Å². The van der Waals surface area contributed by atoms with E-state index in [0.717, 1.165) is 0 Å². The molecule has 2 heterocycles. The van der Waals surface area contributed by atoms with Crippen LogP contribution in [0, 0.1) is 0 Å². The van der Waals surface area contributed by atoms with Crippen LogP contribution >= 0.6 is 11.8 Å². The first-order chi connectivity index (χ1) is 7.62. The molecule has 16 heavy (non-hydrogen) atoms. The molecule has 0 saturated carbocycles. The standard InChI is InChI=1S/C9H13NO4SSe/c1-13-6-7(11)10-5(8(12)14-2)4-15-9(6,10)16-3/h5-6H,4H2,1-3H3. The molecule has 0 aromatic carbocycles. The third kappa shape index (κ3) is 1.35. The molecule has 0 spiro atoms. The van der Waals surface area contributed by atoms with Crippen molar-refractivity contribution in [3.05, 3.63) is 0 Å². The second-order valence-electron chi connectivity index (χ2n) is 3.51. The van der Waals surface area contributed by atoms with Crippen molar-refractivity contribution >= 4 is 38.6 Å². The van der Waals surface area contributed by atoms with Gasteiger partial charge in [0.05, 0.1) is 0 Å². The van der Waals surface area contributed by atoms with Crippen molar-refractivity contribution in [3.8, 4) is 0 Å². The van der Waals surface area contributed by atoms with Crippen molar-refractivity contribution in [2.75, 3.05) is 20.0 Å². The number of carbonyl (C=O) groups is 2. The Morgan fingerprint density at radius 3 is 2.81 bits per heavy atom. The van der Waals surface area contributed by atoms with Gasteiger partial charge in [0.1, 0.15) is 0 Å². The summed E-state index contributed by atoms with van der Waals surface area (Å²) in [4.78, 5) is 25.0. The van der Waals surface area contributed by atoms with Gasteiger partial charge in [-0.25, -0.2) is 0 Å². The number of fused-ring (bicyclic) bond motifs is 1. The molecular formula is C9H13NO4SSe. The Balaban J connectivity index is 2.24. The predicted molar refractivity (Wildman–Crippen MR) is 60.3 cm³/mol. The SMILES string of the molecule is COC(=O)C1CSC2([Se]C)C(OC)C(=O)N12. The molecule has 2 fully saturated rings. The molecule has 0 aliphatic carbocycles. The van der Waals surface area contributed by atoms with E-state index in [1.807, 2.05) is 0 Å². The van der Waals surface area contributed by atoms with Gasteiger partial charge in [-0.1, -0.05) is 0 Å². The zero-order valence-electron chi connectivity index (χ0n) is 9.26. The van der Waals surface area contributed by atoms with Crippen LogP contribution < -0.4 is 0 Å². The van der Waals surface area contributed by atoms with Crippen LogP contribution in [0.5, 0.6) is 0 Å². The summed E-state index contributed by atoms with van der Waals surface area (Å²) in [6.07, 6.45) is -0.392. The Bertz CT molecular complexity index is 339. The van der Waals surface area contributed by atoms with Crippen LogP contribution in [-0.2, 0) is 19.1 Å². The summed E-state index contributed by atoms with van der Waals surface area (Å²) in [5, 5.41) is 0. The van der Waals surface area contributed by atoms with Crippen molar-refractivity contribution in [2.24, 2.45) is 0 Å². The van der Waals surface area contributed by atoms with Gasteiger partial charge in [0, 0.05) is 0 Å². The Morgan fingerprint density at radius 1 is 1.62 bits per heavy atom. The van der Waals surface area contributed by atoms with Crippen LogP contribution in [0.25, 0.3) is 0 Å². The van der Waals surface area contributed by atoms with Gasteiger partial charge in [-0.15, -0.1) is 0 Å². The van der Waals surface area contributed by atoms with Crippen molar-refractivity contribution in [3.63, 3.8) is 0 Å². The van der Waals surface area contributed by atoms with Gasteiger partial charge in [0.25, 0.3) is 0 Å². The van der Waals surface area contributed by atoms with Gasteiger partial charge in [-0.2, -0.15) is 0 Å². The monoisotopic (exact) mass is 311 g/mol. The van der Waals surface area contributed by atoms with E-state index in [0.29, 0.717) is 5.75 Å². The summed E-state index contributed by atoms with van der Waals surface area (Å²) in [5.74, 6) is 2.24. The van der Waals surface area contributed by atoms with E-state index in [2.05, 4.69) is 5.82 Å². The Labute approximate surface area is 104 Å². The predicted octanol–water partition coefficient (Wildman–Crippen LogP) is -0.462. The zero-order chi connectivity index (χ0) is 11.9. The quantitative estimate of drug-likeness (QED) is 0.401. The van der Waals surface area contributed by atoms with E-state index in [1.165, 1.54) is 7.11 Å². The fourth-order valence-corrected chi connectivity index (χ4v) is 6.51. The molecule has 5 nitrogen and oxygen atoms in total. The second-order valence-corrected chi connectivity index (χ2v) is 7.50. The number of ether oxygens (including phenoxy) is 2. The average molecular weight is 310 g/mol. The van der Waals surface area contributed by atoms with E-state index in [1.54, 1.807) is 23.8 Å². The molecule has 7 heteroatoms. The van der Waals surface area contributed by atoms with Crippen LogP contribution in [0.2, 0.25) is 5.82 Å². The molecule has 90 valence electrons. The number of rotatable bonds is 3. The van der Waals surface area contributed by atoms with Crippen molar-refractivity contribution < 1.29 is 19.1 Å². The number of thioether (sulfide) groups is 1. The molecule has 3 atom stereocenters. The fraction of sp³-hybridized carbons (Fsp3) is 0.778. The molecule has 2 aliphatic heterocycles. The summed E-state index contributed by atoms with van der Waals surface area (Å²) in [6, 6.07) is -0.435. The number of hydrogen-bond donors (Lipinski definition) is 0. The van der Waals surface area contributed by atoms with Crippen molar-refractivity contribution in [1.29, 1.82) is 0 Å². The molecule has 2 aliphatic rings. The van der Waals surface area contributed by atoms with E-state index >= 15 is 0 Å². The van der Waals surface area contributed by atoms with E-state index < -0.39 is 12.1 Å².